The van der Waals surface area contributed by atoms with Gasteiger partial charge in [0.2, 0.25) is 0 Å². The third kappa shape index (κ3) is 2.35. The van der Waals surface area contributed by atoms with Gasteiger partial charge in [0.05, 0.1) is 12.2 Å². The van der Waals surface area contributed by atoms with Gasteiger partial charge >= 0.3 is 0 Å². The number of aromatic nitrogens is 1. The molecule has 0 radical (unpaired) electrons. The van der Waals surface area contributed by atoms with Gasteiger partial charge in [0.1, 0.15) is 0 Å². The van der Waals surface area contributed by atoms with E-state index in [1.807, 2.05) is 12.1 Å². The van der Waals surface area contributed by atoms with E-state index in [0.29, 0.717) is 18.6 Å². The fraction of sp³-hybridized carbons (Fsp3) is 0.615. The van der Waals surface area contributed by atoms with Crippen LogP contribution >= 0.6 is 0 Å². The van der Waals surface area contributed by atoms with E-state index in [1.165, 1.54) is 19.3 Å². The Morgan fingerprint density at radius 3 is 2.69 bits per heavy atom. The lowest BCUT2D eigenvalue weighted by Gasteiger charge is -2.38. The summed E-state index contributed by atoms with van der Waals surface area (Å²) in [5, 5.41) is 0. The van der Waals surface area contributed by atoms with E-state index in [9.17, 15) is 4.79 Å². The Bertz CT molecular complexity index is 335. The Hall–Kier alpha value is -1.09. The minimum Gasteiger partial charge on any atom is -0.359 e. The van der Waals surface area contributed by atoms with Crippen LogP contribution in [0.25, 0.3) is 0 Å². The minimum atomic E-state index is 0.200. The third-order valence-electron chi connectivity index (χ3n) is 3.60. The molecule has 3 nitrogen and oxygen atoms in total. The number of rotatable bonds is 3. The van der Waals surface area contributed by atoms with Crippen LogP contribution in [0.2, 0.25) is 0 Å². The molecule has 1 aromatic heterocycles. The molecule has 1 N–H and O–H groups in total. The molecule has 3 heteroatoms. The molecule has 0 amide bonds. The van der Waals surface area contributed by atoms with Gasteiger partial charge in [-0.05, 0) is 38.8 Å². The number of ketones is 1. The fourth-order valence-corrected chi connectivity index (χ4v) is 2.54. The first-order valence-electron chi connectivity index (χ1n) is 6.11. The number of nitrogens with one attached hydrogen (secondary N) is 1. The van der Waals surface area contributed by atoms with Gasteiger partial charge in [-0.1, -0.05) is 6.42 Å². The maximum Gasteiger partial charge on any atom is 0.192 e. The molecule has 88 valence electrons. The predicted octanol–water partition coefficient (Wildman–Crippen LogP) is 2.46. The minimum absolute atomic E-state index is 0.200. The summed E-state index contributed by atoms with van der Waals surface area (Å²) in [4.78, 5) is 17.3. The lowest BCUT2D eigenvalue weighted by molar-refractivity contribution is 0.0730. The van der Waals surface area contributed by atoms with Crippen molar-refractivity contribution in [3.63, 3.8) is 0 Å². The van der Waals surface area contributed by atoms with Gasteiger partial charge in [-0.2, -0.15) is 0 Å². The van der Waals surface area contributed by atoms with E-state index in [1.54, 1.807) is 6.20 Å². The number of hydrogen-bond donors (Lipinski definition) is 1. The first-order chi connectivity index (χ1) is 7.68. The molecule has 1 aliphatic rings. The number of aromatic amines is 1. The second kappa shape index (κ2) is 4.83. The Morgan fingerprint density at radius 2 is 2.12 bits per heavy atom. The van der Waals surface area contributed by atoms with Gasteiger partial charge in [0, 0.05) is 18.3 Å². The van der Waals surface area contributed by atoms with E-state index in [4.69, 9.17) is 0 Å². The van der Waals surface area contributed by atoms with Crippen LogP contribution in [0.1, 0.15) is 43.6 Å². The van der Waals surface area contributed by atoms with Gasteiger partial charge in [-0.25, -0.2) is 0 Å². The third-order valence-corrected chi connectivity index (χ3v) is 3.60. The number of piperidine rings is 1. The van der Waals surface area contributed by atoms with Crippen molar-refractivity contribution in [3.05, 3.63) is 24.0 Å². The van der Waals surface area contributed by atoms with Crippen molar-refractivity contribution in [1.82, 2.24) is 9.88 Å². The smallest absolute Gasteiger partial charge is 0.192 e. The highest BCUT2D eigenvalue weighted by atomic mass is 16.1. The van der Waals surface area contributed by atoms with Crippen molar-refractivity contribution in [3.8, 4) is 0 Å². The van der Waals surface area contributed by atoms with Gasteiger partial charge in [0.25, 0.3) is 0 Å². The summed E-state index contributed by atoms with van der Waals surface area (Å²) >= 11 is 0. The Kier molecular flexibility index (Phi) is 3.44. The summed E-state index contributed by atoms with van der Waals surface area (Å²) in [6, 6.07) is 4.78. The monoisotopic (exact) mass is 220 g/mol. The fourth-order valence-electron chi connectivity index (χ4n) is 2.54. The summed E-state index contributed by atoms with van der Waals surface area (Å²) in [6.45, 7) is 4.98. The normalized spacial score (nSPS) is 26.9. The number of Topliss-reactive ketones (excluding diaryl/α,β-unsaturated/α-hetero) is 1. The van der Waals surface area contributed by atoms with Crippen LogP contribution in [0.15, 0.2) is 18.3 Å². The van der Waals surface area contributed by atoms with E-state index >= 15 is 0 Å². The zero-order chi connectivity index (χ0) is 11.5. The van der Waals surface area contributed by atoms with Gasteiger partial charge in [0.15, 0.2) is 5.78 Å². The lowest BCUT2D eigenvalue weighted by Crippen LogP contribution is -2.46. The summed E-state index contributed by atoms with van der Waals surface area (Å²) < 4.78 is 0. The van der Waals surface area contributed by atoms with Gasteiger partial charge in [-0.15, -0.1) is 0 Å². The van der Waals surface area contributed by atoms with Crippen LogP contribution in [-0.2, 0) is 0 Å². The summed E-state index contributed by atoms with van der Waals surface area (Å²) in [5.74, 6) is 0.200. The number of hydrogen-bond acceptors (Lipinski definition) is 2. The number of H-pyrrole nitrogens is 1. The molecule has 0 aliphatic carbocycles. The Morgan fingerprint density at radius 1 is 1.44 bits per heavy atom. The maximum absolute atomic E-state index is 12.0. The zero-order valence-electron chi connectivity index (χ0n) is 10.1. The SMILES string of the molecule is CC1CCCC(C)N1CC(=O)c1ccc[nH]1. The second-order valence-electron chi connectivity index (χ2n) is 4.81. The summed E-state index contributed by atoms with van der Waals surface area (Å²) in [5.41, 5.74) is 0.727. The lowest BCUT2D eigenvalue weighted by atomic mass is 9.97. The Labute approximate surface area is 96.8 Å². The molecule has 0 aromatic carbocycles. The van der Waals surface area contributed by atoms with Crippen LogP contribution in [-0.4, -0.2) is 34.3 Å². The number of carbonyl (C=O) groups is 1. The van der Waals surface area contributed by atoms with E-state index in [-0.39, 0.29) is 5.78 Å². The molecule has 0 spiro atoms. The van der Waals surface area contributed by atoms with Crippen molar-refractivity contribution >= 4 is 5.78 Å². The number of carbonyl (C=O) groups excluding carboxylic acids is 1. The molecule has 2 heterocycles. The highest BCUT2D eigenvalue weighted by molar-refractivity contribution is 5.95. The van der Waals surface area contributed by atoms with Crippen LogP contribution < -0.4 is 0 Å². The van der Waals surface area contributed by atoms with Crippen LogP contribution in [0.5, 0.6) is 0 Å². The molecule has 2 atom stereocenters. The second-order valence-corrected chi connectivity index (χ2v) is 4.81. The molecule has 1 aromatic rings. The van der Waals surface area contributed by atoms with E-state index in [2.05, 4.69) is 23.7 Å². The Balaban J connectivity index is 2.00. The maximum atomic E-state index is 12.0. The predicted molar refractivity (Wildman–Crippen MR) is 64.6 cm³/mol. The van der Waals surface area contributed by atoms with Crippen molar-refractivity contribution in [2.24, 2.45) is 0 Å². The zero-order valence-corrected chi connectivity index (χ0v) is 10.1. The number of nitrogens with zero attached hydrogens (tertiary/aromatic N) is 1. The summed E-state index contributed by atoms with van der Waals surface area (Å²) in [6.07, 6.45) is 5.51. The highest BCUT2D eigenvalue weighted by Gasteiger charge is 2.26. The molecular weight excluding hydrogens is 200 g/mol. The molecule has 1 fully saturated rings. The molecule has 1 saturated heterocycles. The van der Waals surface area contributed by atoms with Crippen LogP contribution in [0.3, 0.4) is 0 Å². The molecule has 1 aliphatic heterocycles. The summed E-state index contributed by atoms with van der Waals surface area (Å²) in [7, 11) is 0. The van der Waals surface area contributed by atoms with Crippen molar-refractivity contribution < 1.29 is 4.79 Å². The van der Waals surface area contributed by atoms with Crippen molar-refractivity contribution in [1.29, 1.82) is 0 Å². The topological polar surface area (TPSA) is 36.1 Å². The van der Waals surface area contributed by atoms with Gasteiger partial charge < -0.3 is 4.98 Å². The van der Waals surface area contributed by atoms with Crippen molar-refractivity contribution in [2.75, 3.05) is 6.54 Å². The molecule has 2 rings (SSSR count). The quantitative estimate of drug-likeness (QED) is 0.794. The molecule has 16 heavy (non-hydrogen) atoms. The van der Waals surface area contributed by atoms with Gasteiger partial charge in [-0.3, -0.25) is 9.69 Å². The van der Waals surface area contributed by atoms with E-state index < -0.39 is 0 Å². The molecule has 0 bridgehead atoms. The van der Waals surface area contributed by atoms with E-state index in [0.717, 1.165) is 5.69 Å². The number of likely N-dealkylation sites (tertiary alicyclic amines) is 1. The first kappa shape index (κ1) is 11.4. The van der Waals surface area contributed by atoms with Crippen LogP contribution in [0.4, 0.5) is 0 Å². The first-order valence-corrected chi connectivity index (χ1v) is 6.11. The molecule has 2 unspecified atom stereocenters. The molecule has 0 saturated carbocycles. The average molecular weight is 220 g/mol. The molecular formula is C13H20N2O. The standard InChI is InChI=1S/C13H20N2O/c1-10-5-3-6-11(2)15(10)9-13(16)12-7-4-8-14-12/h4,7-8,10-11,14H,3,5-6,9H2,1-2H3. The highest BCUT2D eigenvalue weighted by Crippen LogP contribution is 2.22. The van der Waals surface area contributed by atoms with Crippen LogP contribution in [0, 0.1) is 0 Å². The van der Waals surface area contributed by atoms with Crippen molar-refractivity contribution in [2.45, 2.75) is 45.2 Å². The largest absolute Gasteiger partial charge is 0.359 e. The average Bonchev–Trinajstić information content (AvgIpc) is 2.76.